The number of aromatic nitrogens is 2. The van der Waals surface area contributed by atoms with Crippen LogP contribution in [0, 0.1) is 0 Å². The van der Waals surface area contributed by atoms with E-state index in [1.807, 2.05) is 48.5 Å². The molecule has 0 fully saturated rings. The molecule has 0 bridgehead atoms. The summed E-state index contributed by atoms with van der Waals surface area (Å²) in [5.74, 6) is 1.11. The number of nitrogens with one attached hydrogen (secondary N) is 1. The highest BCUT2D eigenvalue weighted by molar-refractivity contribution is 6.10. The first-order valence-electron chi connectivity index (χ1n) is 11.4. The quantitative estimate of drug-likeness (QED) is 0.325. The summed E-state index contributed by atoms with van der Waals surface area (Å²) in [7, 11) is 3.17. The summed E-state index contributed by atoms with van der Waals surface area (Å²) in [5, 5.41) is 7.13. The number of carbonyl (C=O) groups excluding carboxylic acids is 2. The molecule has 0 aliphatic carbocycles. The van der Waals surface area contributed by atoms with E-state index < -0.39 is 0 Å². The number of benzene rings is 3. The predicted molar refractivity (Wildman–Crippen MR) is 135 cm³/mol. The lowest BCUT2D eigenvalue weighted by Gasteiger charge is -2.11. The smallest absolute Gasteiger partial charge is 0.257 e. The van der Waals surface area contributed by atoms with E-state index in [2.05, 4.69) is 10.4 Å². The van der Waals surface area contributed by atoms with Gasteiger partial charge >= 0.3 is 0 Å². The predicted octanol–water partition coefficient (Wildman–Crippen LogP) is 3.86. The lowest BCUT2D eigenvalue weighted by Crippen LogP contribution is -2.30. The van der Waals surface area contributed by atoms with Crippen LogP contribution in [0.1, 0.15) is 21.5 Å². The fraction of sp³-hybridized carbons (Fsp3) is 0.179. The summed E-state index contributed by atoms with van der Waals surface area (Å²) in [6, 6.07) is 22.0. The molecule has 0 unspecified atom stereocenters. The second-order valence-electron chi connectivity index (χ2n) is 7.91. The van der Waals surface area contributed by atoms with Gasteiger partial charge in [0, 0.05) is 12.7 Å². The first-order valence-corrected chi connectivity index (χ1v) is 11.4. The molecule has 4 rings (SSSR count). The van der Waals surface area contributed by atoms with Crippen LogP contribution in [0.25, 0.3) is 5.69 Å². The Balaban J connectivity index is 1.33. The van der Waals surface area contributed by atoms with Gasteiger partial charge in [0.15, 0.2) is 23.9 Å². The molecule has 0 saturated carbocycles. The van der Waals surface area contributed by atoms with Gasteiger partial charge in [0.25, 0.3) is 5.91 Å². The van der Waals surface area contributed by atoms with E-state index >= 15 is 0 Å². The van der Waals surface area contributed by atoms with Crippen LogP contribution in [0.15, 0.2) is 85.2 Å². The van der Waals surface area contributed by atoms with Gasteiger partial charge in [-0.05, 0) is 48.4 Å². The SMILES string of the molecule is COc1ccc(CCNC(=O)COc2ccccc2C(=O)c2cnn(-c3ccccc3)c2)cc1OC. The molecule has 1 N–H and O–H groups in total. The minimum Gasteiger partial charge on any atom is -0.493 e. The number of amides is 1. The zero-order valence-electron chi connectivity index (χ0n) is 20.1. The maximum Gasteiger partial charge on any atom is 0.257 e. The Morgan fingerprint density at radius 1 is 0.889 bits per heavy atom. The zero-order chi connectivity index (χ0) is 25.3. The minimum atomic E-state index is -0.283. The summed E-state index contributed by atoms with van der Waals surface area (Å²) < 4.78 is 17.9. The molecule has 1 aromatic heterocycles. The van der Waals surface area contributed by atoms with Gasteiger partial charge in [-0.3, -0.25) is 9.59 Å². The molecule has 1 heterocycles. The molecule has 0 atom stereocenters. The number of para-hydroxylation sites is 2. The third kappa shape index (κ3) is 5.90. The van der Waals surface area contributed by atoms with Crippen molar-refractivity contribution in [2.45, 2.75) is 6.42 Å². The summed E-state index contributed by atoms with van der Waals surface area (Å²) in [6.45, 7) is 0.219. The number of carbonyl (C=O) groups is 2. The van der Waals surface area contributed by atoms with Crippen molar-refractivity contribution >= 4 is 11.7 Å². The summed E-state index contributed by atoms with van der Waals surface area (Å²) in [4.78, 5) is 25.5. The van der Waals surface area contributed by atoms with Gasteiger partial charge in [0.05, 0.1) is 37.2 Å². The number of ether oxygens (including phenoxy) is 3. The highest BCUT2D eigenvalue weighted by atomic mass is 16.5. The van der Waals surface area contributed by atoms with Crippen molar-refractivity contribution in [3.05, 3.63) is 102 Å². The monoisotopic (exact) mass is 485 g/mol. The molecule has 36 heavy (non-hydrogen) atoms. The zero-order valence-corrected chi connectivity index (χ0v) is 20.1. The molecule has 8 nitrogen and oxygen atoms in total. The summed E-state index contributed by atoms with van der Waals surface area (Å²) >= 11 is 0. The molecule has 0 radical (unpaired) electrons. The van der Waals surface area contributed by atoms with E-state index in [4.69, 9.17) is 14.2 Å². The van der Waals surface area contributed by atoms with Gasteiger partial charge in [-0.2, -0.15) is 5.10 Å². The van der Waals surface area contributed by atoms with Gasteiger partial charge in [-0.15, -0.1) is 0 Å². The number of nitrogens with zero attached hydrogens (tertiary/aromatic N) is 2. The Morgan fingerprint density at radius 3 is 2.42 bits per heavy atom. The first-order chi connectivity index (χ1) is 17.6. The largest absolute Gasteiger partial charge is 0.493 e. The molecule has 8 heteroatoms. The van der Waals surface area contributed by atoms with Crippen molar-refractivity contribution in [3.63, 3.8) is 0 Å². The number of methoxy groups -OCH3 is 2. The van der Waals surface area contributed by atoms with E-state index in [1.165, 1.54) is 6.20 Å². The van der Waals surface area contributed by atoms with Gasteiger partial charge < -0.3 is 19.5 Å². The van der Waals surface area contributed by atoms with E-state index in [1.54, 1.807) is 49.4 Å². The van der Waals surface area contributed by atoms with Crippen LogP contribution in [-0.2, 0) is 11.2 Å². The molecule has 184 valence electrons. The molecule has 0 aliphatic heterocycles. The molecule has 0 saturated heterocycles. The molecule has 4 aromatic rings. The second kappa shape index (κ2) is 11.7. The van der Waals surface area contributed by atoms with Crippen molar-refractivity contribution < 1.29 is 23.8 Å². The second-order valence-corrected chi connectivity index (χ2v) is 7.91. The normalized spacial score (nSPS) is 10.5. The van der Waals surface area contributed by atoms with Crippen molar-refractivity contribution in [1.29, 1.82) is 0 Å². The van der Waals surface area contributed by atoms with Crippen LogP contribution in [-0.4, -0.2) is 48.8 Å². The third-order valence-corrected chi connectivity index (χ3v) is 5.54. The first kappa shape index (κ1) is 24.5. The molecule has 3 aromatic carbocycles. The van der Waals surface area contributed by atoms with E-state index in [0.717, 1.165) is 11.3 Å². The Labute approximate surface area is 209 Å². The average Bonchev–Trinajstić information content (AvgIpc) is 3.42. The average molecular weight is 486 g/mol. The Kier molecular flexibility index (Phi) is 7.97. The standard InChI is InChI=1S/C28H27N3O5/c1-34-25-13-12-20(16-26(25)35-2)14-15-29-27(32)19-36-24-11-7-6-10-23(24)28(33)21-17-30-31(18-21)22-8-4-3-5-9-22/h3-13,16-18H,14-15,19H2,1-2H3,(H,29,32). The Morgan fingerprint density at radius 2 is 1.64 bits per heavy atom. The summed E-state index contributed by atoms with van der Waals surface area (Å²) in [6.07, 6.45) is 3.81. The number of hydrogen-bond donors (Lipinski definition) is 1. The Bertz CT molecular complexity index is 1330. The van der Waals surface area contributed by atoms with Crippen molar-refractivity contribution in [2.75, 3.05) is 27.4 Å². The van der Waals surface area contributed by atoms with Crippen LogP contribution in [0.5, 0.6) is 17.2 Å². The number of ketones is 1. The van der Waals surface area contributed by atoms with Crippen LogP contribution >= 0.6 is 0 Å². The van der Waals surface area contributed by atoms with Crippen molar-refractivity contribution in [2.24, 2.45) is 0 Å². The van der Waals surface area contributed by atoms with E-state index in [-0.39, 0.29) is 18.3 Å². The molecule has 0 spiro atoms. The maximum atomic E-state index is 13.1. The number of rotatable bonds is 11. The van der Waals surface area contributed by atoms with Crippen LogP contribution in [0.4, 0.5) is 0 Å². The molecule has 1 amide bonds. The maximum absolute atomic E-state index is 13.1. The topological polar surface area (TPSA) is 91.7 Å². The lowest BCUT2D eigenvalue weighted by atomic mass is 10.1. The molecular weight excluding hydrogens is 458 g/mol. The third-order valence-electron chi connectivity index (χ3n) is 5.54. The lowest BCUT2D eigenvalue weighted by molar-refractivity contribution is -0.123. The van der Waals surface area contributed by atoms with Gasteiger partial charge in [0.2, 0.25) is 0 Å². The van der Waals surface area contributed by atoms with Gasteiger partial charge in [-0.25, -0.2) is 4.68 Å². The van der Waals surface area contributed by atoms with E-state index in [0.29, 0.717) is 41.3 Å². The minimum absolute atomic E-state index is 0.209. The van der Waals surface area contributed by atoms with Crippen molar-refractivity contribution in [1.82, 2.24) is 15.1 Å². The highest BCUT2D eigenvalue weighted by Crippen LogP contribution is 2.27. The fourth-order valence-corrected chi connectivity index (χ4v) is 3.67. The van der Waals surface area contributed by atoms with Crippen LogP contribution < -0.4 is 19.5 Å². The molecular formula is C28H27N3O5. The summed E-state index contributed by atoms with van der Waals surface area (Å²) in [5.41, 5.74) is 2.64. The van der Waals surface area contributed by atoms with Crippen molar-refractivity contribution in [3.8, 4) is 22.9 Å². The number of hydrogen-bond acceptors (Lipinski definition) is 6. The van der Waals surface area contributed by atoms with E-state index in [9.17, 15) is 9.59 Å². The molecule has 0 aliphatic rings. The van der Waals surface area contributed by atoms with Crippen LogP contribution in [0.2, 0.25) is 0 Å². The van der Waals surface area contributed by atoms with Gasteiger partial charge in [-0.1, -0.05) is 36.4 Å². The Hall–Kier alpha value is -4.59. The van der Waals surface area contributed by atoms with Crippen LogP contribution in [0.3, 0.4) is 0 Å². The van der Waals surface area contributed by atoms with Gasteiger partial charge in [0.1, 0.15) is 5.75 Å². The fourth-order valence-electron chi connectivity index (χ4n) is 3.67. The highest BCUT2D eigenvalue weighted by Gasteiger charge is 2.17.